The molecule has 1 saturated carbocycles. The van der Waals surface area contributed by atoms with Crippen LogP contribution in [0.2, 0.25) is 0 Å². The molecule has 126 valence electrons. The summed E-state index contributed by atoms with van der Waals surface area (Å²) in [5, 5.41) is 6.64. The highest BCUT2D eigenvalue weighted by Gasteiger charge is 2.22. The Morgan fingerprint density at radius 2 is 2.09 bits per heavy atom. The van der Waals surface area contributed by atoms with Crippen LogP contribution in [0, 0.1) is 12.8 Å². The Morgan fingerprint density at radius 1 is 1.30 bits per heavy atom. The first-order valence-corrected chi connectivity index (χ1v) is 10.6. The van der Waals surface area contributed by atoms with Gasteiger partial charge >= 0.3 is 0 Å². The molecule has 0 bridgehead atoms. The van der Waals surface area contributed by atoms with Gasteiger partial charge in [0.1, 0.15) is 5.82 Å². The van der Waals surface area contributed by atoms with Crippen molar-refractivity contribution in [1.29, 1.82) is 0 Å². The lowest BCUT2D eigenvalue weighted by Gasteiger charge is -2.05. The summed E-state index contributed by atoms with van der Waals surface area (Å²) in [5.74, 6) is 1.47. The summed E-state index contributed by atoms with van der Waals surface area (Å²) in [5.41, 5.74) is 2.64. The van der Waals surface area contributed by atoms with Gasteiger partial charge in [-0.15, -0.1) is 16.4 Å². The van der Waals surface area contributed by atoms with Crippen LogP contribution in [0.5, 0.6) is 0 Å². The lowest BCUT2D eigenvalue weighted by Crippen LogP contribution is -2.11. The summed E-state index contributed by atoms with van der Waals surface area (Å²) in [6.45, 7) is 1.90. The number of nitrogens with zero attached hydrogens (tertiary/aromatic N) is 3. The molecular formula is C15H22N4O2S2. The average Bonchev–Trinajstić information content (AvgIpc) is 3.25. The fraction of sp³-hybridized carbons (Fsp3) is 0.667. The molecule has 0 aromatic carbocycles. The lowest BCUT2D eigenvalue weighted by atomic mass is 10.0. The van der Waals surface area contributed by atoms with Crippen molar-refractivity contribution >= 4 is 21.2 Å². The second kappa shape index (κ2) is 7.09. The highest BCUT2D eigenvalue weighted by atomic mass is 32.2. The van der Waals surface area contributed by atoms with E-state index in [-0.39, 0.29) is 10.9 Å². The van der Waals surface area contributed by atoms with Crippen molar-refractivity contribution < 1.29 is 8.42 Å². The number of hydrogen-bond donors (Lipinski definition) is 1. The fourth-order valence-electron chi connectivity index (χ4n) is 3.05. The molecule has 1 N–H and O–H groups in total. The predicted molar refractivity (Wildman–Crippen MR) is 89.3 cm³/mol. The summed E-state index contributed by atoms with van der Waals surface area (Å²) in [7, 11) is -3.44. The third-order valence-corrected chi connectivity index (χ3v) is 6.97. The lowest BCUT2D eigenvalue weighted by molar-refractivity contribution is 0.497. The molecule has 0 saturated heterocycles. The van der Waals surface area contributed by atoms with Crippen LogP contribution in [0.4, 0.5) is 0 Å². The minimum Gasteiger partial charge on any atom is -0.262 e. The number of hydrogen-bond acceptors (Lipinski definition) is 6. The maximum atomic E-state index is 12.4. The van der Waals surface area contributed by atoms with Crippen molar-refractivity contribution in [3.8, 4) is 0 Å². The first kappa shape index (κ1) is 16.6. The Kier molecular flexibility index (Phi) is 5.11. The Morgan fingerprint density at radius 3 is 2.78 bits per heavy atom. The molecule has 0 radical (unpaired) electrons. The molecule has 23 heavy (non-hydrogen) atoms. The summed E-state index contributed by atoms with van der Waals surface area (Å²) in [6.07, 6.45) is 7.51. The quantitative estimate of drug-likeness (QED) is 0.826. The Balaban J connectivity index is 1.58. The SMILES string of the molecule is Cc1ncsc1CCS(=O)(=O)c1n[nH]c(CCC2CCCC2)n1. The van der Waals surface area contributed by atoms with Gasteiger partial charge in [0.25, 0.3) is 5.16 Å². The van der Waals surface area contributed by atoms with Crippen molar-refractivity contribution in [2.45, 2.75) is 57.0 Å². The van der Waals surface area contributed by atoms with Gasteiger partial charge in [-0.1, -0.05) is 25.7 Å². The molecule has 1 fully saturated rings. The number of aryl methyl sites for hydroxylation is 3. The Bertz CT molecular complexity index is 745. The van der Waals surface area contributed by atoms with Gasteiger partial charge in [0.2, 0.25) is 9.84 Å². The van der Waals surface area contributed by atoms with Crippen LogP contribution < -0.4 is 0 Å². The summed E-state index contributed by atoms with van der Waals surface area (Å²) >= 11 is 1.49. The molecule has 2 aromatic heterocycles. The number of aromatic nitrogens is 4. The van der Waals surface area contributed by atoms with Gasteiger partial charge in [-0.25, -0.2) is 18.4 Å². The van der Waals surface area contributed by atoms with E-state index in [2.05, 4.69) is 20.2 Å². The summed E-state index contributed by atoms with van der Waals surface area (Å²) < 4.78 is 24.7. The molecule has 6 nitrogen and oxygen atoms in total. The average molecular weight is 355 g/mol. The standard InChI is InChI=1S/C15H22N4O2S2/c1-11-13(22-10-16-11)8-9-23(20,21)15-17-14(18-19-15)7-6-12-4-2-3-5-12/h10,12H,2-9H2,1H3,(H,17,18,19). The van der Waals surface area contributed by atoms with Gasteiger partial charge in [0.05, 0.1) is 17.0 Å². The Labute approximate surface area is 140 Å². The number of aromatic amines is 1. The van der Waals surface area contributed by atoms with Crippen LogP contribution in [-0.4, -0.2) is 34.3 Å². The third kappa shape index (κ3) is 4.17. The van der Waals surface area contributed by atoms with Crippen molar-refractivity contribution in [2.75, 3.05) is 5.75 Å². The van der Waals surface area contributed by atoms with Crippen molar-refractivity contribution in [3.05, 3.63) is 21.9 Å². The van der Waals surface area contributed by atoms with E-state index in [1.807, 2.05) is 6.92 Å². The molecule has 0 amide bonds. The van der Waals surface area contributed by atoms with Gasteiger partial charge in [-0.3, -0.25) is 5.10 Å². The highest BCUT2D eigenvalue weighted by molar-refractivity contribution is 7.91. The van der Waals surface area contributed by atoms with Crippen LogP contribution >= 0.6 is 11.3 Å². The molecule has 0 aliphatic heterocycles. The van der Waals surface area contributed by atoms with E-state index in [1.165, 1.54) is 37.0 Å². The van der Waals surface area contributed by atoms with Gasteiger partial charge in [0, 0.05) is 11.3 Å². The van der Waals surface area contributed by atoms with Gasteiger partial charge in [-0.05, 0) is 25.7 Å². The molecule has 2 aromatic rings. The second-order valence-electron chi connectivity index (χ2n) is 6.18. The van der Waals surface area contributed by atoms with E-state index < -0.39 is 9.84 Å². The maximum absolute atomic E-state index is 12.4. The number of rotatable bonds is 7. The maximum Gasteiger partial charge on any atom is 0.266 e. The number of H-pyrrole nitrogens is 1. The molecule has 1 aliphatic carbocycles. The largest absolute Gasteiger partial charge is 0.266 e. The van der Waals surface area contributed by atoms with E-state index in [1.54, 1.807) is 5.51 Å². The molecule has 2 heterocycles. The normalized spacial score (nSPS) is 16.2. The van der Waals surface area contributed by atoms with E-state index in [9.17, 15) is 8.42 Å². The fourth-order valence-corrected chi connectivity index (χ4v) is 5.05. The zero-order valence-electron chi connectivity index (χ0n) is 13.3. The smallest absolute Gasteiger partial charge is 0.262 e. The topological polar surface area (TPSA) is 88.6 Å². The van der Waals surface area contributed by atoms with E-state index in [4.69, 9.17) is 0 Å². The third-order valence-electron chi connectivity index (χ3n) is 4.50. The number of sulfone groups is 1. The minimum absolute atomic E-state index is 0.0238. The Hall–Kier alpha value is -1.28. The van der Waals surface area contributed by atoms with E-state index in [0.29, 0.717) is 12.2 Å². The molecular weight excluding hydrogens is 332 g/mol. The molecule has 0 unspecified atom stereocenters. The molecule has 8 heteroatoms. The summed E-state index contributed by atoms with van der Waals surface area (Å²) in [4.78, 5) is 9.35. The highest BCUT2D eigenvalue weighted by Crippen LogP contribution is 2.28. The van der Waals surface area contributed by atoms with E-state index >= 15 is 0 Å². The molecule has 0 spiro atoms. The van der Waals surface area contributed by atoms with Crippen LogP contribution in [0.1, 0.15) is 48.5 Å². The van der Waals surface area contributed by atoms with Crippen LogP contribution in [0.25, 0.3) is 0 Å². The van der Waals surface area contributed by atoms with Crippen LogP contribution in [0.3, 0.4) is 0 Å². The van der Waals surface area contributed by atoms with Crippen molar-refractivity contribution in [3.63, 3.8) is 0 Å². The van der Waals surface area contributed by atoms with E-state index in [0.717, 1.165) is 29.3 Å². The van der Waals surface area contributed by atoms with Gasteiger partial charge in [-0.2, -0.15) is 0 Å². The molecule has 1 aliphatic rings. The zero-order chi connectivity index (χ0) is 16.3. The monoisotopic (exact) mass is 354 g/mol. The van der Waals surface area contributed by atoms with Crippen LogP contribution in [0.15, 0.2) is 10.7 Å². The number of thiazole rings is 1. The van der Waals surface area contributed by atoms with Crippen LogP contribution in [-0.2, 0) is 22.7 Å². The van der Waals surface area contributed by atoms with Crippen molar-refractivity contribution in [2.24, 2.45) is 5.92 Å². The first-order chi connectivity index (χ1) is 11.0. The number of nitrogens with one attached hydrogen (secondary N) is 1. The first-order valence-electron chi connectivity index (χ1n) is 8.07. The van der Waals surface area contributed by atoms with Gasteiger partial charge in [0.15, 0.2) is 0 Å². The molecule has 3 rings (SSSR count). The van der Waals surface area contributed by atoms with Gasteiger partial charge < -0.3 is 0 Å². The second-order valence-corrected chi connectivity index (χ2v) is 9.13. The summed E-state index contributed by atoms with van der Waals surface area (Å²) in [6, 6.07) is 0. The molecule has 0 atom stereocenters. The van der Waals surface area contributed by atoms with Crippen molar-refractivity contribution in [1.82, 2.24) is 20.2 Å². The minimum atomic E-state index is -3.44. The zero-order valence-corrected chi connectivity index (χ0v) is 14.9. The predicted octanol–water partition coefficient (Wildman–Crippen LogP) is 2.71.